The van der Waals surface area contributed by atoms with Gasteiger partial charge in [-0.15, -0.1) is 5.10 Å². The number of ether oxygens (including phenoxy) is 2. The molecule has 2 N–H and O–H groups in total. The van der Waals surface area contributed by atoms with Crippen LogP contribution >= 0.6 is 0 Å². The highest BCUT2D eigenvalue weighted by molar-refractivity contribution is 5.98. The van der Waals surface area contributed by atoms with Crippen molar-refractivity contribution in [3.05, 3.63) is 64.3 Å². The summed E-state index contributed by atoms with van der Waals surface area (Å²) in [6.45, 7) is 4.80. The molecule has 0 radical (unpaired) electrons. The van der Waals surface area contributed by atoms with E-state index in [0.717, 1.165) is 33.5 Å². The number of hydrogen-bond acceptors (Lipinski definition) is 6. The van der Waals surface area contributed by atoms with Crippen molar-refractivity contribution in [1.29, 1.82) is 0 Å². The SMILES string of the molecule is COc1c(C(=O)NC2COCC[C@@H]2O)cc(Cc2ccc(-c3cn(C)nn3)cc2)c(C)c1C. The number of carbonyl (C=O) groups is 1. The standard InChI is InChI=1S/C25H30N4O4/c1-15-16(2)24(32-4)20(25(31)26-22-14-33-10-9-23(22)30)12-19(15)11-17-5-7-18(8-6-17)21-13-29(3)28-27-21/h5-8,12-13,22-23,30H,9-11,14H2,1-4H3,(H,26,31)/t22?,23-/m0/s1. The third-order valence-corrected chi connectivity index (χ3v) is 6.28. The first kappa shape index (κ1) is 22.9. The van der Waals surface area contributed by atoms with Gasteiger partial charge in [-0.2, -0.15) is 0 Å². The molecular weight excluding hydrogens is 420 g/mol. The first-order chi connectivity index (χ1) is 15.9. The molecule has 3 aromatic rings. The fraction of sp³-hybridized carbons (Fsp3) is 0.400. The summed E-state index contributed by atoms with van der Waals surface area (Å²) in [5.74, 6) is 0.279. The maximum Gasteiger partial charge on any atom is 0.255 e. The molecule has 1 saturated heterocycles. The predicted octanol–water partition coefficient (Wildman–Crippen LogP) is 2.58. The zero-order valence-corrected chi connectivity index (χ0v) is 19.5. The number of aliphatic hydroxyl groups excluding tert-OH is 1. The van der Waals surface area contributed by atoms with Crippen molar-refractivity contribution in [3.8, 4) is 17.0 Å². The number of rotatable bonds is 6. The molecule has 2 aromatic carbocycles. The van der Waals surface area contributed by atoms with Crippen molar-refractivity contribution in [2.24, 2.45) is 7.05 Å². The number of carbonyl (C=O) groups excluding carboxylic acids is 1. The van der Waals surface area contributed by atoms with Gasteiger partial charge in [0.05, 0.1) is 37.6 Å². The maximum atomic E-state index is 13.1. The van der Waals surface area contributed by atoms with Crippen molar-refractivity contribution in [2.75, 3.05) is 20.3 Å². The van der Waals surface area contributed by atoms with Gasteiger partial charge in [-0.3, -0.25) is 9.48 Å². The molecule has 0 spiro atoms. The van der Waals surface area contributed by atoms with Crippen LogP contribution in [0.4, 0.5) is 0 Å². The number of nitrogens with one attached hydrogen (secondary N) is 1. The van der Waals surface area contributed by atoms with E-state index in [1.807, 2.05) is 45.3 Å². The Morgan fingerprint density at radius 1 is 1.27 bits per heavy atom. The molecule has 2 heterocycles. The van der Waals surface area contributed by atoms with E-state index in [-0.39, 0.29) is 5.91 Å². The van der Waals surface area contributed by atoms with Crippen LogP contribution in [-0.2, 0) is 18.2 Å². The second-order valence-corrected chi connectivity index (χ2v) is 8.53. The lowest BCUT2D eigenvalue weighted by Gasteiger charge is -2.29. The minimum absolute atomic E-state index is 0.274. The Hall–Kier alpha value is -3.23. The summed E-state index contributed by atoms with van der Waals surface area (Å²) in [6.07, 6.45) is 2.44. The second kappa shape index (κ2) is 9.72. The van der Waals surface area contributed by atoms with E-state index < -0.39 is 12.1 Å². The summed E-state index contributed by atoms with van der Waals surface area (Å²) >= 11 is 0. The minimum atomic E-state index is -0.618. The first-order valence-electron chi connectivity index (χ1n) is 11.1. The van der Waals surface area contributed by atoms with Gasteiger partial charge in [-0.05, 0) is 55.0 Å². The highest BCUT2D eigenvalue weighted by Crippen LogP contribution is 2.31. The maximum absolute atomic E-state index is 13.1. The van der Waals surface area contributed by atoms with E-state index in [2.05, 4.69) is 27.8 Å². The van der Waals surface area contributed by atoms with Gasteiger partial charge < -0.3 is 19.9 Å². The Labute approximate surface area is 193 Å². The summed E-state index contributed by atoms with van der Waals surface area (Å²) in [7, 11) is 3.41. The monoisotopic (exact) mass is 450 g/mol. The lowest BCUT2D eigenvalue weighted by molar-refractivity contribution is -0.0140. The zero-order chi connectivity index (χ0) is 23.5. The molecule has 1 aromatic heterocycles. The summed E-state index contributed by atoms with van der Waals surface area (Å²) in [4.78, 5) is 13.1. The number of methoxy groups -OCH3 is 1. The number of aromatic nitrogens is 3. The molecule has 1 aliphatic rings. The van der Waals surface area contributed by atoms with Crippen molar-refractivity contribution < 1.29 is 19.4 Å². The van der Waals surface area contributed by atoms with E-state index in [4.69, 9.17) is 9.47 Å². The van der Waals surface area contributed by atoms with Crippen LogP contribution in [0.3, 0.4) is 0 Å². The molecule has 8 heteroatoms. The predicted molar refractivity (Wildman–Crippen MR) is 124 cm³/mol. The molecule has 0 saturated carbocycles. The highest BCUT2D eigenvalue weighted by Gasteiger charge is 2.27. The molecule has 4 rings (SSSR count). The molecule has 1 unspecified atom stereocenters. The lowest BCUT2D eigenvalue weighted by Crippen LogP contribution is -2.49. The van der Waals surface area contributed by atoms with Gasteiger partial charge in [-0.25, -0.2) is 0 Å². The van der Waals surface area contributed by atoms with Crippen molar-refractivity contribution in [3.63, 3.8) is 0 Å². The Morgan fingerprint density at radius 3 is 2.67 bits per heavy atom. The molecule has 0 bridgehead atoms. The van der Waals surface area contributed by atoms with Gasteiger partial charge in [-0.1, -0.05) is 29.5 Å². The summed E-state index contributed by atoms with van der Waals surface area (Å²) in [5, 5.41) is 21.3. The van der Waals surface area contributed by atoms with Crippen LogP contribution in [0.1, 0.15) is 39.0 Å². The van der Waals surface area contributed by atoms with Crippen LogP contribution in [0.25, 0.3) is 11.3 Å². The Morgan fingerprint density at radius 2 is 2.03 bits per heavy atom. The van der Waals surface area contributed by atoms with Crippen LogP contribution in [0.5, 0.6) is 5.75 Å². The average molecular weight is 451 g/mol. The topological polar surface area (TPSA) is 98.5 Å². The highest BCUT2D eigenvalue weighted by atomic mass is 16.5. The van der Waals surface area contributed by atoms with Crippen molar-refractivity contribution in [1.82, 2.24) is 20.3 Å². The van der Waals surface area contributed by atoms with Crippen LogP contribution < -0.4 is 10.1 Å². The van der Waals surface area contributed by atoms with E-state index in [1.54, 1.807) is 11.8 Å². The molecule has 33 heavy (non-hydrogen) atoms. The normalized spacial score (nSPS) is 18.2. The van der Waals surface area contributed by atoms with E-state index in [0.29, 0.717) is 37.4 Å². The van der Waals surface area contributed by atoms with Crippen LogP contribution in [0.15, 0.2) is 36.5 Å². The smallest absolute Gasteiger partial charge is 0.255 e. The van der Waals surface area contributed by atoms with Crippen LogP contribution in [0, 0.1) is 13.8 Å². The van der Waals surface area contributed by atoms with Gasteiger partial charge in [0, 0.05) is 19.2 Å². The number of hydrogen-bond donors (Lipinski definition) is 2. The molecule has 2 atom stereocenters. The number of aliphatic hydroxyl groups is 1. The van der Waals surface area contributed by atoms with E-state index in [1.165, 1.54) is 0 Å². The Balaban J connectivity index is 1.59. The van der Waals surface area contributed by atoms with Crippen LogP contribution in [0.2, 0.25) is 0 Å². The molecule has 1 amide bonds. The number of aryl methyl sites for hydroxylation is 1. The van der Waals surface area contributed by atoms with E-state index in [9.17, 15) is 9.90 Å². The van der Waals surface area contributed by atoms with Gasteiger partial charge in [0.15, 0.2) is 0 Å². The Bertz CT molecular complexity index is 1140. The number of benzene rings is 2. The number of nitrogens with zero attached hydrogens (tertiary/aromatic N) is 3. The third-order valence-electron chi connectivity index (χ3n) is 6.28. The van der Waals surface area contributed by atoms with Crippen molar-refractivity contribution >= 4 is 5.91 Å². The van der Waals surface area contributed by atoms with Gasteiger partial charge in [0.25, 0.3) is 5.91 Å². The summed E-state index contributed by atoms with van der Waals surface area (Å²) in [6, 6.07) is 9.65. The summed E-state index contributed by atoms with van der Waals surface area (Å²) < 4.78 is 12.7. The third kappa shape index (κ3) is 4.91. The zero-order valence-electron chi connectivity index (χ0n) is 19.5. The summed E-state index contributed by atoms with van der Waals surface area (Å²) in [5.41, 5.74) is 6.48. The molecule has 1 fully saturated rings. The average Bonchev–Trinajstić information content (AvgIpc) is 3.25. The Kier molecular flexibility index (Phi) is 6.76. The van der Waals surface area contributed by atoms with Crippen molar-refractivity contribution in [2.45, 2.75) is 38.8 Å². The fourth-order valence-corrected chi connectivity index (χ4v) is 4.18. The quantitative estimate of drug-likeness (QED) is 0.599. The lowest BCUT2D eigenvalue weighted by atomic mass is 9.92. The van der Waals surface area contributed by atoms with Crippen LogP contribution in [-0.4, -0.2) is 58.5 Å². The molecule has 174 valence electrons. The second-order valence-electron chi connectivity index (χ2n) is 8.53. The fourth-order valence-electron chi connectivity index (χ4n) is 4.18. The molecule has 1 aliphatic heterocycles. The molecular formula is C25H30N4O4. The molecule has 0 aliphatic carbocycles. The molecule has 8 nitrogen and oxygen atoms in total. The number of amides is 1. The minimum Gasteiger partial charge on any atom is -0.496 e. The van der Waals surface area contributed by atoms with Gasteiger partial charge >= 0.3 is 0 Å². The van der Waals surface area contributed by atoms with E-state index >= 15 is 0 Å². The van der Waals surface area contributed by atoms with Gasteiger partial charge in [0.1, 0.15) is 11.4 Å². The largest absolute Gasteiger partial charge is 0.496 e. The van der Waals surface area contributed by atoms with Gasteiger partial charge in [0.2, 0.25) is 0 Å². The first-order valence-corrected chi connectivity index (χ1v) is 11.1.